The highest BCUT2D eigenvalue weighted by molar-refractivity contribution is 5.92. The van der Waals surface area contributed by atoms with Gasteiger partial charge in [0.05, 0.1) is 5.56 Å². The maximum Gasteiger partial charge on any atom is 0.412 e. The molecule has 2 rings (SSSR count). The first-order chi connectivity index (χ1) is 13.7. The number of anilines is 1. The SMILES string of the molecule is CC(C)(C)OC(=O)Nc1ccc(C(=O)OCC(=O)NCCC2=CCCCC2)cc1. The normalized spacial score (nSPS) is 13.8. The molecule has 0 unspecified atom stereocenters. The van der Waals surface area contributed by atoms with Gasteiger partial charge in [0.15, 0.2) is 6.61 Å². The lowest BCUT2D eigenvalue weighted by atomic mass is 9.97. The van der Waals surface area contributed by atoms with E-state index in [4.69, 9.17) is 9.47 Å². The zero-order chi connectivity index (χ0) is 21.3. The molecular weight excluding hydrogens is 372 g/mol. The van der Waals surface area contributed by atoms with Crippen LogP contribution >= 0.6 is 0 Å². The molecular formula is C22H30N2O5. The minimum atomic E-state index is -0.598. The molecule has 1 aliphatic carbocycles. The van der Waals surface area contributed by atoms with Crippen LogP contribution in [0, 0.1) is 0 Å². The number of hydrogen-bond donors (Lipinski definition) is 2. The number of hydrogen-bond acceptors (Lipinski definition) is 5. The van der Waals surface area contributed by atoms with E-state index >= 15 is 0 Å². The molecule has 2 amide bonds. The van der Waals surface area contributed by atoms with E-state index in [1.54, 1.807) is 32.9 Å². The van der Waals surface area contributed by atoms with E-state index < -0.39 is 17.7 Å². The quantitative estimate of drug-likeness (QED) is 0.527. The number of carbonyl (C=O) groups excluding carboxylic acids is 3. The second kappa shape index (κ2) is 10.6. The van der Waals surface area contributed by atoms with Gasteiger partial charge in [-0.25, -0.2) is 9.59 Å². The molecule has 0 fully saturated rings. The summed E-state index contributed by atoms with van der Waals surface area (Å²) < 4.78 is 10.2. The number of nitrogens with one attached hydrogen (secondary N) is 2. The summed E-state index contributed by atoms with van der Waals surface area (Å²) in [6.45, 7) is 5.54. The Kier molecular flexibility index (Phi) is 8.24. The monoisotopic (exact) mass is 402 g/mol. The lowest BCUT2D eigenvalue weighted by molar-refractivity contribution is -0.124. The summed E-state index contributed by atoms with van der Waals surface area (Å²) in [5, 5.41) is 5.35. The molecule has 1 aliphatic rings. The van der Waals surface area contributed by atoms with Crippen molar-refractivity contribution in [3.63, 3.8) is 0 Å². The molecule has 7 heteroatoms. The first kappa shape index (κ1) is 22.5. The van der Waals surface area contributed by atoms with Crippen molar-refractivity contribution in [2.45, 2.75) is 58.5 Å². The molecule has 0 saturated carbocycles. The third-order valence-electron chi connectivity index (χ3n) is 4.25. The lowest BCUT2D eigenvalue weighted by Crippen LogP contribution is -2.29. The summed E-state index contributed by atoms with van der Waals surface area (Å²) in [5.74, 6) is -0.920. The van der Waals surface area contributed by atoms with E-state index in [-0.39, 0.29) is 12.5 Å². The average Bonchev–Trinajstić information content (AvgIpc) is 2.66. The van der Waals surface area contributed by atoms with Gasteiger partial charge < -0.3 is 14.8 Å². The van der Waals surface area contributed by atoms with Gasteiger partial charge in [0, 0.05) is 12.2 Å². The summed E-state index contributed by atoms with van der Waals surface area (Å²) in [6.07, 6.45) is 7.18. The summed E-state index contributed by atoms with van der Waals surface area (Å²) in [6, 6.07) is 6.17. The van der Waals surface area contributed by atoms with Crippen molar-refractivity contribution < 1.29 is 23.9 Å². The van der Waals surface area contributed by atoms with Crippen LogP contribution in [0.4, 0.5) is 10.5 Å². The number of amides is 2. The molecule has 7 nitrogen and oxygen atoms in total. The van der Waals surface area contributed by atoms with Crippen molar-refractivity contribution >= 4 is 23.7 Å². The summed E-state index contributed by atoms with van der Waals surface area (Å²) in [4.78, 5) is 35.6. The highest BCUT2D eigenvalue weighted by Crippen LogP contribution is 2.19. The van der Waals surface area contributed by atoms with Crippen LogP contribution in [0.25, 0.3) is 0 Å². The van der Waals surface area contributed by atoms with Crippen molar-refractivity contribution in [3.8, 4) is 0 Å². The molecule has 0 aromatic heterocycles. The van der Waals surface area contributed by atoms with Gasteiger partial charge in [0.1, 0.15) is 5.60 Å². The second-order valence-corrected chi connectivity index (χ2v) is 7.99. The highest BCUT2D eigenvalue weighted by atomic mass is 16.6. The van der Waals surface area contributed by atoms with Gasteiger partial charge in [-0.05, 0) is 77.1 Å². The Morgan fingerprint density at radius 1 is 1.07 bits per heavy atom. The zero-order valence-electron chi connectivity index (χ0n) is 17.4. The Morgan fingerprint density at radius 3 is 2.41 bits per heavy atom. The number of esters is 1. The van der Waals surface area contributed by atoms with Crippen LogP contribution in [0.2, 0.25) is 0 Å². The minimum Gasteiger partial charge on any atom is -0.452 e. The fraction of sp³-hybridized carbons (Fsp3) is 0.500. The van der Waals surface area contributed by atoms with Crippen molar-refractivity contribution in [1.29, 1.82) is 0 Å². The van der Waals surface area contributed by atoms with Crippen LogP contribution in [0.5, 0.6) is 0 Å². The third-order valence-corrected chi connectivity index (χ3v) is 4.25. The van der Waals surface area contributed by atoms with Crippen molar-refractivity contribution in [2.24, 2.45) is 0 Å². The maximum absolute atomic E-state index is 12.1. The molecule has 1 aromatic rings. The maximum atomic E-state index is 12.1. The predicted octanol–water partition coefficient (Wildman–Crippen LogP) is 4.20. The van der Waals surface area contributed by atoms with Crippen LogP contribution < -0.4 is 10.6 Å². The summed E-state index contributed by atoms with van der Waals surface area (Å²) in [7, 11) is 0. The third kappa shape index (κ3) is 8.81. The molecule has 0 spiro atoms. The minimum absolute atomic E-state index is 0.292. The zero-order valence-corrected chi connectivity index (χ0v) is 17.4. The van der Waals surface area contributed by atoms with Gasteiger partial charge in [0.25, 0.3) is 5.91 Å². The summed E-state index contributed by atoms with van der Waals surface area (Å²) >= 11 is 0. The van der Waals surface area contributed by atoms with Crippen molar-refractivity contribution in [3.05, 3.63) is 41.5 Å². The number of allylic oxidation sites excluding steroid dienone is 1. The van der Waals surface area contributed by atoms with Gasteiger partial charge in [-0.2, -0.15) is 0 Å². The van der Waals surface area contributed by atoms with Crippen LogP contribution in [-0.4, -0.2) is 36.7 Å². The fourth-order valence-corrected chi connectivity index (χ4v) is 2.87. The smallest absolute Gasteiger partial charge is 0.412 e. The van der Waals surface area contributed by atoms with Crippen molar-refractivity contribution in [1.82, 2.24) is 5.32 Å². The Morgan fingerprint density at radius 2 is 1.79 bits per heavy atom. The number of rotatable bonds is 7. The first-order valence-corrected chi connectivity index (χ1v) is 9.95. The number of ether oxygens (including phenoxy) is 2. The Hall–Kier alpha value is -2.83. The van der Waals surface area contributed by atoms with E-state index in [1.807, 2.05) is 0 Å². The van der Waals surface area contributed by atoms with Crippen LogP contribution in [0.1, 0.15) is 63.2 Å². The average molecular weight is 402 g/mol. The Labute approximate surface area is 171 Å². The molecule has 1 aromatic carbocycles. The topological polar surface area (TPSA) is 93.7 Å². The second-order valence-electron chi connectivity index (χ2n) is 7.99. The van der Waals surface area contributed by atoms with E-state index in [1.165, 1.54) is 30.5 Å². The molecule has 0 heterocycles. The van der Waals surface area contributed by atoms with E-state index in [2.05, 4.69) is 16.7 Å². The van der Waals surface area contributed by atoms with Crippen LogP contribution in [-0.2, 0) is 14.3 Å². The standard InChI is InChI=1S/C22H30N2O5/c1-22(2,3)29-21(27)24-18-11-9-17(10-12-18)20(26)28-15-19(25)23-14-13-16-7-5-4-6-8-16/h7,9-12H,4-6,8,13-15H2,1-3H3,(H,23,25)(H,24,27). The molecule has 0 radical (unpaired) electrons. The lowest BCUT2D eigenvalue weighted by Gasteiger charge is -2.19. The predicted molar refractivity (Wildman–Crippen MR) is 111 cm³/mol. The van der Waals surface area contributed by atoms with Gasteiger partial charge in [-0.15, -0.1) is 0 Å². The van der Waals surface area contributed by atoms with Crippen molar-refractivity contribution in [2.75, 3.05) is 18.5 Å². The van der Waals surface area contributed by atoms with Crippen LogP contribution in [0.15, 0.2) is 35.9 Å². The molecule has 0 bridgehead atoms. The Bertz CT molecular complexity index is 747. The Balaban J connectivity index is 1.70. The van der Waals surface area contributed by atoms with Gasteiger partial charge in [0.2, 0.25) is 0 Å². The molecule has 158 valence electrons. The van der Waals surface area contributed by atoms with E-state index in [0.29, 0.717) is 17.8 Å². The fourth-order valence-electron chi connectivity index (χ4n) is 2.87. The van der Waals surface area contributed by atoms with Gasteiger partial charge in [-0.1, -0.05) is 11.6 Å². The number of benzene rings is 1. The largest absolute Gasteiger partial charge is 0.452 e. The number of carbonyl (C=O) groups is 3. The van der Waals surface area contributed by atoms with E-state index in [9.17, 15) is 14.4 Å². The molecule has 29 heavy (non-hydrogen) atoms. The van der Waals surface area contributed by atoms with Gasteiger partial charge in [-0.3, -0.25) is 10.1 Å². The van der Waals surface area contributed by atoms with E-state index in [0.717, 1.165) is 19.3 Å². The first-order valence-electron chi connectivity index (χ1n) is 9.95. The highest BCUT2D eigenvalue weighted by Gasteiger charge is 2.16. The van der Waals surface area contributed by atoms with Gasteiger partial charge >= 0.3 is 12.1 Å². The van der Waals surface area contributed by atoms with Crippen LogP contribution in [0.3, 0.4) is 0 Å². The molecule has 0 saturated heterocycles. The molecule has 2 N–H and O–H groups in total. The molecule has 0 atom stereocenters. The summed E-state index contributed by atoms with van der Waals surface area (Å²) in [5.41, 5.74) is 1.57. The molecule has 0 aliphatic heterocycles.